The van der Waals surface area contributed by atoms with Crippen molar-refractivity contribution in [3.63, 3.8) is 0 Å². The van der Waals surface area contributed by atoms with Gasteiger partial charge in [0, 0.05) is 85.5 Å². The lowest BCUT2D eigenvalue weighted by Gasteiger charge is -2.29. The highest BCUT2D eigenvalue weighted by Crippen LogP contribution is 2.54. The molecule has 2 amide bonds. The van der Waals surface area contributed by atoms with Crippen LogP contribution in [0.2, 0.25) is 0 Å². The maximum absolute atomic E-state index is 16.2. The minimum Gasteiger partial charge on any atom is -0.461 e. The lowest BCUT2D eigenvalue weighted by atomic mass is 9.82. The zero-order valence-corrected chi connectivity index (χ0v) is 47.2. The lowest BCUT2D eigenvalue weighted by molar-refractivity contribution is 0.0986. The highest BCUT2D eigenvalue weighted by Gasteiger charge is 2.34. The number of amides is 2. The van der Waals surface area contributed by atoms with Gasteiger partial charge in [-0.25, -0.2) is 0 Å². The molecule has 402 valence electrons. The summed E-state index contributed by atoms with van der Waals surface area (Å²) < 4.78 is 28.8. The van der Waals surface area contributed by atoms with Crippen molar-refractivity contribution < 1.29 is 37.5 Å². The highest BCUT2D eigenvalue weighted by molar-refractivity contribution is 6.45. The molecule has 1 aliphatic rings. The van der Waals surface area contributed by atoms with Gasteiger partial charge in [0.25, 0.3) is 11.8 Å². The largest absolute Gasteiger partial charge is 0.461 e. The van der Waals surface area contributed by atoms with E-state index in [2.05, 4.69) is 86.2 Å². The molecule has 80 heavy (non-hydrogen) atoms. The SMILES string of the molecule is C=C/C1=C/C/C(=C\C)Oc2cc(C=O)c3c(C(=O)N(C)c4c(C(C)C)cccc4C(C)C)cc4oc5ccccc5c5ccccc5oc5cc(C(=O)N(C)c6c(C(C)C)cccc6C(C)C)c6c(C=O)cc(c7c2c3c4c5c67)O1. The molecule has 0 radical (unpaired) electrons. The normalized spacial score (nSPS) is 14.0. The first-order valence-corrected chi connectivity index (χ1v) is 27.5. The Labute approximate surface area is 465 Å². The summed E-state index contributed by atoms with van der Waals surface area (Å²) in [4.78, 5) is 63.9. The van der Waals surface area contributed by atoms with Gasteiger partial charge in [-0.05, 0) is 107 Å². The molecule has 9 aromatic carbocycles. The Morgan fingerprint density at radius 2 is 0.900 bits per heavy atom. The van der Waals surface area contributed by atoms with Crippen LogP contribution < -0.4 is 19.3 Å². The minimum atomic E-state index is -0.388. The van der Waals surface area contributed by atoms with E-state index in [4.69, 9.17) is 18.3 Å². The van der Waals surface area contributed by atoms with Crippen LogP contribution in [0.3, 0.4) is 0 Å². The molecule has 0 bridgehead atoms. The summed E-state index contributed by atoms with van der Waals surface area (Å²) in [6.45, 7) is 22.9. The molecule has 1 aliphatic heterocycles. The van der Waals surface area contributed by atoms with E-state index in [-0.39, 0.29) is 86.8 Å². The Hall–Kier alpha value is -9.02. The van der Waals surface area contributed by atoms with Crippen molar-refractivity contribution >= 4 is 112 Å². The first-order valence-electron chi connectivity index (χ1n) is 27.5. The summed E-state index contributed by atoms with van der Waals surface area (Å²) in [5, 5.41) is 4.70. The molecule has 0 N–H and O–H groups in total. The number of carbonyl (C=O) groups excluding carboxylic acids is 4. The molecule has 11 rings (SSSR count). The number of para-hydroxylation sites is 4. The maximum Gasteiger partial charge on any atom is 0.258 e. The zero-order valence-electron chi connectivity index (χ0n) is 47.2. The summed E-state index contributed by atoms with van der Waals surface area (Å²) in [7, 11) is 3.57. The highest BCUT2D eigenvalue weighted by atomic mass is 16.5. The standard InChI is InChI=1S/C70H64N2O8/c1-13-43-29-30-44(14-2)78-56-32-42(36-74)60-52(70(76)72(12)68-47(39(7)8)25-20-26-48(68)40(9)10)34-58-64-63-57(79-53-27-17-15-21-49(53)50-22-16-18-28-54(50)80-58)33-51(59-41(35-73)31-55(77-43)61(65(59)63)62(56)66(60)64)69(75)71(11)67-45(37(3)4)23-19-24-46(67)38(5)6/h13-29,31-40H,1,30H2,2-12H3/b43-29-,44-14+. The molecule has 2 heterocycles. The molecule has 10 aromatic rings. The zero-order chi connectivity index (χ0) is 56.6. The van der Waals surface area contributed by atoms with E-state index in [9.17, 15) is 9.59 Å². The predicted molar refractivity (Wildman–Crippen MR) is 326 cm³/mol. The van der Waals surface area contributed by atoms with Gasteiger partial charge in [-0.2, -0.15) is 0 Å². The molecule has 0 saturated heterocycles. The quantitative estimate of drug-likeness (QED) is 0.0714. The number of hydrogen-bond donors (Lipinski definition) is 0. The second-order valence-corrected chi connectivity index (χ2v) is 22.1. The Balaban J connectivity index is 1.44. The first-order chi connectivity index (χ1) is 38.5. The molecule has 0 atom stereocenters. The van der Waals surface area contributed by atoms with Crippen molar-refractivity contribution in [1.82, 2.24) is 0 Å². The van der Waals surface area contributed by atoms with Crippen molar-refractivity contribution in [2.75, 3.05) is 23.9 Å². The van der Waals surface area contributed by atoms with Gasteiger partial charge >= 0.3 is 0 Å². The van der Waals surface area contributed by atoms with Crippen LogP contribution in [0.4, 0.5) is 11.4 Å². The van der Waals surface area contributed by atoms with Gasteiger partial charge in [0.15, 0.2) is 12.6 Å². The molecule has 0 spiro atoms. The average Bonchev–Trinajstić information content (AvgIpc) is 1.19. The van der Waals surface area contributed by atoms with Crippen LogP contribution in [0.15, 0.2) is 154 Å². The predicted octanol–water partition coefficient (Wildman–Crippen LogP) is 18.3. The first kappa shape index (κ1) is 53.0. The van der Waals surface area contributed by atoms with Crippen LogP contribution in [0.25, 0.3) is 76.2 Å². The van der Waals surface area contributed by atoms with Gasteiger partial charge in [0.05, 0.1) is 22.5 Å². The second-order valence-electron chi connectivity index (χ2n) is 22.1. The molecular formula is C70H64N2O8. The van der Waals surface area contributed by atoms with E-state index in [1.165, 1.54) is 0 Å². The van der Waals surface area contributed by atoms with E-state index in [1.54, 1.807) is 54.2 Å². The second kappa shape index (κ2) is 20.7. The van der Waals surface area contributed by atoms with Gasteiger partial charge in [-0.1, -0.05) is 135 Å². The summed E-state index contributed by atoms with van der Waals surface area (Å²) in [6.07, 6.45) is 7.06. The number of benzene rings is 9. The van der Waals surface area contributed by atoms with E-state index in [0.717, 1.165) is 46.2 Å². The third-order valence-corrected chi connectivity index (χ3v) is 15.9. The van der Waals surface area contributed by atoms with Crippen molar-refractivity contribution in [2.24, 2.45) is 0 Å². The number of ether oxygens (including phenoxy) is 2. The summed E-state index contributed by atoms with van der Waals surface area (Å²) >= 11 is 0. The topological polar surface area (TPSA) is 120 Å². The fourth-order valence-electron chi connectivity index (χ4n) is 12.1. The van der Waals surface area contributed by atoms with Gasteiger partial charge in [-0.15, -0.1) is 0 Å². The molecule has 0 aliphatic carbocycles. The third kappa shape index (κ3) is 8.47. The van der Waals surface area contributed by atoms with Gasteiger partial charge in [0.1, 0.15) is 45.3 Å². The molecule has 1 aromatic heterocycles. The Morgan fingerprint density at radius 1 is 0.500 bits per heavy atom. The van der Waals surface area contributed by atoms with E-state index < -0.39 is 0 Å². The Kier molecular flexibility index (Phi) is 13.7. The maximum atomic E-state index is 16.2. The summed E-state index contributed by atoms with van der Waals surface area (Å²) in [5.41, 5.74) is 7.68. The fourth-order valence-corrected chi connectivity index (χ4v) is 12.1. The number of fused-ring (bicyclic) bond motifs is 3. The molecule has 10 nitrogen and oxygen atoms in total. The van der Waals surface area contributed by atoms with Crippen LogP contribution in [-0.4, -0.2) is 38.5 Å². The van der Waals surface area contributed by atoms with Gasteiger partial charge < -0.3 is 28.1 Å². The van der Waals surface area contributed by atoms with Crippen molar-refractivity contribution in [3.8, 4) is 11.5 Å². The lowest BCUT2D eigenvalue weighted by Crippen LogP contribution is -2.29. The van der Waals surface area contributed by atoms with Crippen molar-refractivity contribution in [1.29, 1.82) is 0 Å². The molecule has 10 heteroatoms. The molecule has 0 fully saturated rings. The number of anilines is 2. The molecular weight excluding hydrogens is 997 g/mol. The van der Waals surface area contributed by atoms with E-state index in [0.29, 0.717) is 76.5 Å². The molecule has 0 saturated carbocycles. The van der Waals surface area contributed by atoms with E-state index >= 15 is 9.59 Å². The third-order valence-electron chi connectivity index (χ3n) is 15.9. The van der Waals surface area contributed by atoms with Crippen molar-refractivity contribution in [2.45, 2.75) is 92.4 Å². The average molecular weight is 1060 g/mol. The van der Waals surface area contributed by atoms with E-state index in [1.807, 2.05) is 79.7 Å². The number of nitrogens with zero attached hydrogens (tertiary/aromatic N) is 2. The van der Waals surface area contributed by atoms with Gasteiger partial charge in [-0.3, -0.25) is 19.2 Å². The number of rotatable bonds is 11. The van der Waals surface area contributed by atoms with Crippen LogP contribution in [0.1, 0.15) is 156 Å². The van der Waals surface area contributed by atoms with Crippen LogP contribution in [0.5, 0.6) is 11.5 Å². The summed E-state index contributed by atoms with van der Waals surface area (Å²) in [5.74, 6) is 0.884. The number of hydrogen-bond acceptors (Lipinski definition) is 8. The Morgan fingerprint density at radius 3 is 1.27 bits per heavy atom. The number of carbonyl (C=O) groups is 4. The number of aldehydes is 2. The monoisotopic (exact) mass is 1060 g/mol. The Bertz CT molecular complexity index is 4340. The smallest absolute Gasteiger partial charge is 0.258 e. The van der Waals surface area contributed by atoms with Crippen molar-refractivity contribution in [3.05, 3.63) is 190 Å². The fraction of sp³-hybridized carbons (Fsp3) is 0.229. The molecule has 0 unspecified atom stereocenters. The number of allylic oxidation sites excluding steroid dienone is 3. The summed E-state index contributed by atoms with van der Waals surface area (Å²) in [6, 6.07) is 34.4. The van der Waals surface area contributed by atoms with Crippen LogP contribution in [0, 0.1) is 0 Å². The minimum absolute atomic E-state index is 0.0564. The van der Waals surface area contributed by atoms with Crippen LogP contribution in [-0.2, 0) is 0 Å². The van der Waals surface area contributed by atoms with Gasteiger partial charge in [0.2, 0.25) is 0 Å². The van der Waals surface area contributed by atoms with Crippen LogP contribution >= 0.6 is 0 Å².